The zero-order valence-corrected chi connectivity index (χ0v) is 11.6. The van der Waals surface area contributed by atoms with E-state index in [0.29, 0.717) is 5.69 Å². The number of benzene rings is 1. The maximum atomic E-state index is 13.0. The highest BCUT2D eigenvalue weighted by atomic mass is 19.1. The van der Waals surface area contributed by atoms with Gasteiger partial charge in [0.1, 0.15) is 5.82 Å². The van der Waals surface area contributed by atoms with E-state index < -0.39 is 5.91 Å². The van der Waals surface area contributed by atoms with Crippen LogP contribution in [0.1, 0.15) is 5.69 Å². The fraction of sp³-hybridized carbons (Fsp3) is 0.0625. The lowest BCUT2D eigenvalue weighted by Crippen LogP contribution is -2.14. The van der Waals surface area contributed by atoms with Crippen LogP contribution in [0.25, 0.3) is 22.4 Å². The third-order valence-electron chi connectivity index (χ3n) is 3.26. The normalized spacial score (nSPS) is 10.6. The van der Waals surface area contributed by atoms with Gasteiger partial charge < -0.3 is 5.73 Å². The molecule has 0 spiro atoms. The molecule has 0 aliphatic rings. The number of hydrogen-bond donors (Lipinski definition) is 2. The van der Waals surface area contributed by atoms with Crippen molar-refractivity contribution in [2.45, 2.75) is 6.42 Å². The minimum Gasteiger partial charge on any atom is -0.369 e. The molecule has 1 aromatic carbocycles. The molecule has 0 bridgehead atoms. The molecule has 1 amide bonds. The van der Waals surface area contributed by atoms with Gasteiger partial charge in [-0.1, -0.05) is 0 Å². The molecule has 2 aromatic heterocycles. The van der Waals surface area contributed by atoms with Gasteiger partial charge in [0, 0.05) is 17.3 Å². The summed E-state index contributed by atoms with van der Waals surface area (Å²) in [6.45, 7) is 0. The van der Waals surface area contributed by atoms with Gasteiger partial charge in [-0.25, -0.2) is 4.39 Å². The number of hydrogen-bond acceptors (Lipinski definition) is 3. The van der Waals surface area contributed by atoms with Crippen molar-refractivity contribution in [1.29, 1.82) is 0 Å². The third-order valence-corrected chi connectivity index (χ3v) is 3.26. The predicted octanol–water partition coefficient (Wildman–Crippen LogP) is 2.31. The summed E-state index contributed by atoms with van der Waals surface area (Å²) in [5, 5.41) is 6.97. The second kappa shape index (κ2) is 5.77. The van der Waals surface area contributed by atoms with Crippen molar-refractivity contribution in [3.63, 3.8) is 0 Å². The van der Waals surface area contributed by atoms with Gasteiger partial charge in [-0.05, 0) is 42.0 Å². The molecule has 0 unspecified atom stereocenters. The maximum Gasteiger partial charge on any atom is 0.223 e. The Kier molecular flexibility index (Phi) is 3.65. The number of amides is 1. The number of nitrogens with one attached hydrogen (secondary N) is 1. The van der Waals surface area contributed by atoms with Crippen LogP contribution >= 0.6 is 0 Å². The van der Waals surface area contributed by atoms with Gasteiger partial charge >= 0.3 is 0 Å². The van der Waals surface area contributed by atoms with Crippen LogP contribution in [0.3, 0.4) is 0 Å². The van der Waals surface area contributed by atoms with E-state index in [1.807, 2.05) is 6.07 Å². The summed E-state index contributed by atoms with van der Waals surface area (Å²) < 4.78 is 13.0. The summed E-state index contributed by atoms with van der Waals surface area (Å²) in [5.41, 5.74) is 9.09. The number of aromatic amines is 1. The first-order valence-corrected chi connectivity index (χ1v) is 6.66. The summed E-state index contributed by atoms with van der Waals surface area (Å²) in [5.74, 6) is -0.729. The van der Waals surface area contributed by atoms with Crippen LogP contribution in [-0.4, -0.2) is 21.1 Å². The van der Waals surface area contributed by atoms with Crippen LogP contribution in [0.2, 0.25) is 0 Å². The fourth-order valence-corrected chi connectivity index (χ4v) is 2.26. The molecule has 3 rings (SSSR count). The van der Waals surface area contributed by atoms with E-state index in [0.717, 1.165) is 22.4 Å². The molecular formula is C16H13FN4O. The smallest absolute Gasteiger partial charge is 0.223 e. The van der Waals surface area contributed by atoms with Crippen molar-refractivity contribution in [2.75, 3.05) is 0 Å². The number of carbonyl (C=O) groups is 1. The van der Waals surface area contributed by atoms with Crippen molar-refractivity contribution < 1.29 is 9.18 Å². The lowest BCUT2D eigenvalue weighted by molar-refractivity contribution is -0.117. The van der Waals surface area contributed by atoms with Crippen LogP contribution < -0.4 is 5.73 Å². The highest BCUT2D eigenvalue weighted by Crippen LogP contribution is 2.30. The average molecular weight is 296 g/mol. The van der Waals surface area contributed by atoms with Crippen molar-refractivity contribution in [2.24, 2.45) is 5.73 Å². The van der Waals surface area contributed by atoms with E-state index in [4.69, 9.17) is 5.73 Å². The van der Waals surface area contributed by atoms with E-state index in [2.05, 4.69) is 15.2 Å². The minimum atomic E-state index is -0.435. The van der Waals surface area contributed by atoms with Crippen molar-refractivity contribution in [3.8, 4) is 22.4 Å². The molecule has 0 saturated carbocycles. The second-order valence-electron chi connectivity index (χ2n) is 4.84. The summed E-state index contributed by atoms with van der Waals surface area (Å²) in [6, 6.07) is 9.76. The van der Waals surface area contributed by atoms with Crippen LogP contribution in [-0.2, 0) is 11.2 Å². The van der Waals surface area contributed by atoms with Crippen molar-refractivity contribution in [3.05, 3.63) is 60.3 Å². The first kappa shape index (κ1) is 13.9. The number of halogens is 1. The molecule has 0 radical (unpaired) electrons. The lowest BCUT2D eigenvalue weighted by Gasteiger charge is -2.05. The molecule has 0 atom stereocenters. The largest absolute Gasteiger partial charge is 0.369 e. The van der Waals surface area contributed by atoms with Crippen LogP contribution in [0.15, 0.2) is 48.8 Å². The van der Waals surface area contributed by atoms with E-state index >= 15 is 0 Å². The Labute approximate surface area is 126 Å². The molecular weight excluding hydrogens is 283 g/mol. The third kappa shape index (κ3) is 2.85. The molecule has 0 aliphatic carbocycles. The highest BCUT2D eigenvalue weighted by Gasteiger charge is 2.11. The van der Waals surface area contributed by atoms with Crippen LogP contribution in [0, 0.1) is 5.82 Å². The van der Waals surface area contributed by atoms with Crippen LogP contribution in [0.5, 0.6) is 0 Å². The van der Waals surface area contributed by atoms with E-state index in [1.54, 1.807) is 30.6 Å². The Morgan fingerprint density at radius 2 is 1.95 bits per heavy atom. The Bertz CT molecular complexity index is 811. The first-order valence-electron chi connectivity index (χ1n) is 6.66. The number of nitrogens with two attached hydrogens (primary N) is 1. The summed E-state index contributed by atoms with van der Waals surface area (Å²) in [6.07, 6.45) is 3.38. The molecule has 5 nitrogen and oxygen atoms in total. The monoisotopic (exact) mass is 296 g/mol. The van der Waals surface area contributed by atoms with Crippen LogP contribution in [0.4, 0.5) is 4.39 Å². The number of primary amides is 1. The SMILES string of the molecule is NC(=O)Cc1cc(-c2cn[nH]c2-c2ccc(F)cc2)ccn1. The van der Waals surface area contributed by atoms with Gasteiger partial charge in [0.25, 0.3) is 0 Å². The number of H-pyrrole nitrogens is 1. The molecule has 0 aliphatic heterocycles. The molecule has 110 valence electrons. The highest BCUT2D eigenvalue weighted by molar-refractivity contribution is 5.81. The Hall–Kier alpha value is -3.02. The minimum absolute atomic E-state index is 0.0809. The predicted molar refractivity (Wildman–Crippen MR) is 80.1 cm³/mol. The van der Waals surface area contributed by atoms with Gasteiger partial charge in [0.2, 0.25) is 5.91 Å². The molecule has 0 saturated heterocycles. The number of aromatic nitrogens is 3. The van der Waals surface area contributed by atoms with E-state index in [1.165, 1.54) is 12.1 Å². The Morgan fingerprint density at radius 3 is 2.68 bits per heavy atom. The zero-order chi connectivity index (χ0) is 15.5. The summed E-state index contributed by atoms with van der Waals surface area (Å²) in [4.78, 5) is 15.1. The van der Waals surface area contributed by atoms with Gasteiger partial charge in [0.05, 0.1) is 24.0 Å². The first-order chi connectivity index (χ1) is 10.6. The van der Waals surface area contributed by atoms with Crippen molar-refractivity contribution in [1.82, 2.24) is 15.2 Å². The van der Waals surface area contributed by atoms with Gasteiger partial charge in [-0.3, -0.25) is 14.9 Å². The van der Waals surface area contributed by atoms with Gasteiger partial charge in [0.15, 0.2) is 0 Å². The molecule has 0 fully saturated rings. The summed E-state index contributed by atoms with van der Waals surface area (Å²) in [7, 11) is 0. The second-order valence-corrected chi connectivity index (χ2v) is 4.84. The maximum absolute atomic E-state index is 13.0. The quantitative estimate of drug-likeness (QED) is 0.774. The standard InChI is InChI=1S/C16H13FN4O/c17-12-3-1-10(2-4-12)16-14(9-20-21-16)11-5-6-19-13(7-11)8-15(18)22/h1-7,9H,8H2,(H2,18,22)(H,20,21). The summed E-state index contributed by atoms with van der Waals surface area (Å²) >= 11 is 0. The van der Waals surface area contributed by atoms with Crippen molar-refractivity contribution >= 4 is 5.91 Å². The fourth-order valence-electron chi connectivity index (χ4n) is 2.26. The molecule has 6 heteroatoms. The molecule has 3 N–H and O–H groups in total. The number of rotatable bonds is 4. The lowest BCUT2D eigenvalue weighted by atomic mass is 10.0. The number of nitrogens with zero attached hydrogens (tertiary/aromatic N) is 2. The molecule has 22 heavy (non-hydrogen) atoms. The molecule has 3 aromatic rings. The Morgan fingerprint density at radius 1 is 1.18 bits per heavy atom. The number of carbonyl (C=O) groups excluding carboxylic acids is 1. The van der Waals surface area contributed by atoms with Gasteiger partial charge in [-0.15, -0.1) is 0 Å². The zero-order valence-electron chi connectivity index (χ0n) is 11.6. The molecule has 2 heterocycles. The average Bonchev–Trinajstić information content (AvgIpc) is 2.97. The number of pyridine rings is 1. The topological polar surface area (TPSA) is 84.7 Å². The van der Waals surface area contributed by atoms with E-state index in [9.17, 15) is 9.18 Å². The van der Waals surface area contributed by atoms with Gasteiger partial charge in [-0.2, -0.15) is 5.10 Å². The van der Waals surface area contributed by atoms with E-state index in [-0.39, 0.29) is 12.2 Å². The Balaban J connectivity index is 2.01.